The van der Waals surface area contributed by atoms with Crippen LogP contribution in [0.2, 0.25) is 0 Å². The van der Waals surface area contributed by atoms with E-state index in [4.69, 9.17) is 9.47 Å². The number of carbonyl (C=O) groups is 2. The van der Waals surface area contributed by atoms with E-state index in [-0.39, 0.29) is 38.1 Å². The molecular weight excluding hydrogens is 260 g/mol. The summed E-state index contributed by atoms with van der Waals surface area (Å²) in [5.41, 5.74) is 0. The van der Waals surface area contributed by atoms with Crippen LogP contribution < -0.4 is 14.8 Å². The van der Waals surface area contributed by atoms with Crippen molar-refractivity contribution in [1.82, 2.24) is 10.2 Å². The second-order valence-electron chi connectivity index (χ2n) is 4.27. The molecule has 2 rings (SSSR count). The molecule has 0 saturated carbocycles. The van der Waals surface area contributed by atoms with Crippen molar-refractivity contribution in [2.24, 2.45) is 0 Å². The van der Waals surface area contributed by atoms with Gasteiger partial charge in [0.25, 0.3) is 0 Å². The quantitative estimate of drug-likeness (QED) is 0.764. The van der Waals surface area contributed by atoms with Gasteiger partial charge >= 0.3 is 0 Å². The van der Waals surface area contributed by atoms with Crippen LogP contribution in [0.25, 0.3) is 0 Å². The van der Waals surface area contributed by atoms with Gasteiger partial charge in [0, 0.05) is 0 Å². The second-order valence-corrected chi connectivity index (χ2v) is 4.27. The Morgan fingerprint density at radius 1 is 1.10 bits per heavy atom. The number of nitrogens with one attached hydrogen (secondary N) is 1. The highest BCUT2D eigenvalue weighted by atomic mass is 16.5. The van der Waals surface area contributed by atoms with Crippen LogP contribution in [-0.2, 0) is 9.59 Å². The number of ether oxygens (including phenoxy) is 2. The minimum absolute atomic E-state index is 0.196. The Hall–Kier alpha value is -2.08. The Morgan fingerprint density at radius 2 is 1.70 bits per heavy atom. The van der Waals surface area contributed by atoms with Gasteiger partial charge in [-0.1, -0.05) is 12.1 Å². The third-order valence-electron chi connectivity index (χ3n) is 2.88. The van der Waals surface area contributed by atoms with Gasteiger partial charge in [0.2, 0.25) is 11.8 Å². The molecule has 1 aliphatic rings. The third-order valence-corrected chi connectivity index (χ3v) is 2.88. The zero-order valence-electron chi connectivity index (χ0n) is 11.4. The van der Waals surface area contributed by atoms with Crippen molar-refractivity contribution < 1.29 is 19.1 Å². The van der Waals surface area contributed by atoms with Crippen LogP contribution >= 0.6 is 0 Å². The molecule has 1 aromatic rings. The number of benzene rings is 1. The summed E-state index contributed by atoms with van der Waals surface area (Å²) in [5.74, 6) is 0.836. The monoisotopic (exact) mass is 278 g/mol. The molecule has 2 amide bonds. The first-order valence-electron chi connectivity index (χ1n) is 6.61. The van der Waals surface area contributed by atoms with Gasteiger partial charge in [0.05, 0.1) is 26.2 Å². The number of imide groups is 1. The Kier molecular flexibility index (Phi) is 4.95. The highest BCUT2D eigenvalue weighted by molar-refractivity contribution is 5.99. The van der Waals surface area contributed by atoms with E-state index in [0.717, 1.165) is 0 Å². The van der Waals surface area contributed by atoms with Crippen molar-refractivity contribution in [3.63, 3.8) is 0 Å². The highest BCUT2D eigenvalue weighted by Crippen LogP contribution is 2.26. The van der Waals surface area contributed by atoms with Crippen LogP contribution in [0.3, 0.4) is 0 Å². The lowest BCUT2D eigenvalue weighted by molar-refractivity contribution is -0.146. The van der Waals surface area contributed by atoms with Gasteiger partial charge in [-0.2, -0.15) is 0 Å². The molecule has 0 aliphatic carbocycles. The molecule has 1 N–H and O–H groups in total. The Labute approximate surface area is 117 Å². The minimum atomic E-state index is -0.219. The fourth-order valence-electron chi connectivity index (χ4n) is 1.95. The SMILES string of the molecule is CCOc1ccccc1OCCN1C(=O)CNCC1=O. The first kappa shape index (κ1) is 14.3. The van der Waals surface area contributed by atoms with Gasteiger partial charge in [-0.05, 0) is 19.1 Å². The second kappa shape index (κ2) is 6.91. The smallest absolute Gasteiger partial charge is 0.243 e. The van der Waals surface area contributed by atoms with Crippen LogP contribution in [0.1, 0.15) is 6.92 Å². The summed E-state index contributed by atoms with van der Waals surface area (Å²) in [4.78, 5) is 24.4. The van der Waals surface area contributed by atoms with E-state index in [1.54, 1.807) is 6.07 Å². The minimum Gasteiger partial charge on any atom is -0.490 e. The standard InChI is InChI=1S/C14H18N2O4/c1-2-19-11-5-3-4-6-12(11)20-8-7-16-13(17)9-15-10-14(16)18/h3-6,15H,2,7-10H2,1H3. The third kappa shape index (κ3) is 3.48. The van der Waals surface area contributed by atoms with E-state index in [1.165, 1.54) is 4.90 Å². The molecule has 0 aromatic heterocycles. The molecule has 0 unspecified atom stereocenters. The number of nitrogens with zero attached hydrogens (tertiary/aromatic N) is 1. The van der Waals surface area contributed by atoms with Gasteiger partial charge in [0.1, 0.15) is 6.61 Å². The maximum absolute atomic E-state index is 11.6. The number of hydrogen-bond donors (Lipinski definition) is 1. The van der Waals surface area contributed by atoms with E-state index in [2.05, 4.69) is 5.32 Å². The molecule has 0 spiro atoms. The zero-order valence-corrected chi connectivity index (χ0v) is 11.4. The molecule has 6 heteroatoms. The van der Waals surface area contributed by atoms with Gasteiger partial charge < -0.3 is 9.47 Å². The van der Waals surface area contributed by atoms with Gasteiger partial charge in [-0.15, -0.1) is 0 Å². The maximum atomic E-state index is 11.6. The summed E-state index contributed by atoms with van der Waals surface area (Å²) < 4.78 is 11.0. The van der Waals surface area contributed by atoms with Gasteiger partial charge in [-0.3, -0.25) is 19.8 Å². The normalized spacial score (nSPS) is 15.3. The molecule has 1 aliphatic heterocycles. The molecule has 1 heterocycles. The first-order chi connectivity index (χ1) is 9.72. The van der Waals surface area contributed by atoms with E-state index in [1.807, 2.05) is 25.1 Å². The zero-order chi connectivity index (χ0) is 14.4. The largest absolute Gasteiger partial charge is 0.490 e. The van der Waals surface area contributed by atoms with Crippen LogP contribution in [0.15, 0.2) is 24.3 Å². The topological polar surface area (TPSA) is 67.9 Å². The Morgan fingerprint density at radius 3 is 2.30 bits per heavy atom. The molecule has 0 bridgehead atoms. The van der Waals surface area contributed by atoms with Crippen molar-refractivity contribution in [2.75, 3.05) is 32.8 Å². The summed E-state index contributed by atoms with van der Waals surface area (Å²) in [6.07, 6.45) is 0. The van der Waals surface area contributed by atoms with Crippen LogP contribution in [0.4, 0.5) is 0 Å². The molecule has 0 radical (unpaired) electrons. The molecular formula is C14H18N2O4. The molecule has 20 heavy (non-hydrogen) atoms. The van der Waals surface area contributed by atoms with Crippen molar-refractivity contribution >= 4 is 11.8 Å². The van der Waals surface area contributed by atoms with Gasteiger partial charge in [0.15, 0.2) is 11.5 Å². The lowest BCUT2D eigenvalue weighted by Crippen LogP contribution is -2.53. The number of carbonyl (C=O) groups excluding carboxylic acids is 2. The molecule has 0 atom stereocenters. The van der Waals surface area contributed by atoms with Crippen LogP contribution in [0, 0.1) is 0 Å². The summed E-state index contributed by atoms with van der Waals surface area (Å²) >= 11 is 0. The van der Waals surface area contributed by atoms with Crippen LogP contribution in [-0.4, -0.2) is 49.6 Å². The molecule has 1 aromatic carbocycles. The van der Waals surface area contributed by atoms with Crippen molar-refractivity contribution in [3.8, 4) is 11.5 Å². The molecule has 1 fully saturated rings. The average Bonchev–Trinajstić information content (AvgIpc) is 2.44. The lowest BCUT2D eigenvalue weighted by Gasteiger charge is -2.25. The number of hydrogen-bond acceptors (Lipinski definition) is 5. The van der Waals surface area contributed by atoms with Crippen molar-refractivity contribution in [1.29, 1.82) is 0 Å². The summed E-state index contributed by atoms with van der Waals surface area (Å²) in [7, 11) is 0. The average molecular weight is 278 g/mol. The summed E-state index contributed by atoms with van der Waals surface area (Å²) in [6, 6.07) is 7.33. The number of piperazine rings is 1. The number of rotatable bonds is 6. The van der Waals surface area contributed by atoms with E-state index in [0.29, 0.717) is 18.1 Å². The van der Waals surface area contributed by atoms with E-state index >= 15 is 0 Å². The predicted octanol–water partition coefficient (Wildman–Crippen LogP) is 0.422. The number of amides is 2. The van der Waals surface area contributed by atoms with Crippen LogP contribution in [0.5, 0.6) is 11.5 Å². The maximum Gasteiger partial charge on any atom is 0.243 e. The van der Waals surface area contributed by atoms with Crippen molar-refractivity contribution in [3.05, 3.63) is 24.3 Å². The number of para-hydroxylation sites is 2. The highest BCUT2D eigenvalue weighted by Gasteiger charge is 2.25. The Balaban J connectivity index is 1.89. The molecule has 1 saturated heterocycles. The van der Waals surface area contributed by atoms with Crippen molar-refractivity contribution in [2.45, 2.75) is 6.92 Å². The summed E-state index contributed by atoms with van der Waals surface area (Å²) in [6.45, 7) is 3.34. The summed E-state index contributed by atoms with van der Waals surface area (Å²) in [5, 5.41) is 2.75. The molecule has 6 nitrogen and oxygen atoms in total. The fraction of sp³-hybridized carbons (Fsp3) is 0.429. The Bertz CT molecular complexity index is 474. The molecule has 108 valence electrons. The van der Waals surface area contributed by atoms with E-state index in [9.17, 15) is 9.59 Å². The lowest BCUT2D eigenvalue weighted by atomic mass is 10.3. The predicted molar refractivity (Wildman–Crippen MR) is 72.7 cm³/mol. The van der Waals surface area contributed by atoms with E-state index < -0.39 is 0 Å². The fourth-order valence-corrected chi connectivity index (χ4v) is 1.95. The van der Waals surface area contributed by atoms with Gasteiger partial charge in [-0.25, -0.2) is 0 Å². The first-order valence-corrected chi connectivity index (χ1v) is 6.61.